The maximum absolute atomic E-state index is 14.0. The highest BCUT2D eigenvalue weighted by atomic mass is 79.9. The molecular weight excluding hydrogens is 477 g/mol. The topological polar surface area (TPSA) is 67.2 Å². The summed E-state index contributed by atoms with van der Waals surface area (Å²) >= 11 is 9.57. The van der Waals surface area contributed by atoms with Gasteiger partial charge in [0.15, 0.2) is 0 Å². The molecule has 11 heteroatoms. The Kier molecular flexibility index (Phi) is 5.70. The molecular formula is C18H17BrClF3N4O2. The predicted molar refractivity (Wildman–Crippen MR) is 104 cm³/mol. The second-order valence-electron chi connectivity index (χ2n) is 6.96. The van der Waals surface area contributed by atoms with Crippen LogP contribution in [-0.2, 0) is 22.6 Å². The molecule has 1 aliphatic rings. The van der Waals surface area contributed by atoms with Gasteiger partial charge in [-0.1, -0.05) is 17.7 Å². The van der Waals surface area contributed by atoms with Gasteiger partial charge in [0.05, 0.1) is 11.3 Å². The number of carbonyl (C=O) groups is 2. The molecule has 6 nitrogen and oxygen atoms in total. The van der Waals surface area contributed by atoms with Crippen molar-refractivity contribution in [3.63, 3.8) is 0 Å². The molecule has 3 rings (SSSR count). The Labute approximate surface area is 178 Å². The molecule has 29 heavy (non-hydrogen) atoms. The van der Waals surface area contributed by atoms with E-state index < -0.39 is 41.0 Å². The van der Waals surface area contributed by atoms with E-state index in [0.717, 1.165) is 6.07 Å². The molecule has 0 saturated carbocycles. The Morgan fingerprint density at radius 3 is 2.59 bits per heavy atom. The van der Waals surface area contributed by atoms with E-state index in [9.17, 15) is 22.8 Å². The van der Waals surface area contributed by atoms with Gasteiger partial charge in [-0.3, -0.25) is 14.3 Å². The van der Waals surface area contributed by atoms with E-state index in [2.05, 4.69) is 26.3 Å². The van der Waals surface area contributed by atoms with Gasteiger partial charge in [0.25, 0.3) is 5.92 Å². The van der Waals surface area contributed by atoms with Crippen LogP contribution in [0.1, 0.15) is 24.0 Å². The average molecular weight is 494 g/mol. The zero-order valence-electron chi connectivity index (χ0n) is 15.6. The predicted octanol–water partition coefficient (Wildman–Crippen LogP) is 3.90. The summed E-state index contributed by atoms with van der Waals surface area (Å²) in [5.41, 5.74) is -0.864. The third-order valence-corrected chi connectivity index (χ3v) is 5.88. The number of amides is 2. The number of carbonyl (C=O) groups excluding carboxylic acids is 2. The van der Waals surface area contributed by atoms with Crippen molar-refractivity contribution in [2.75, 3.05) is 18.9 Å². The van der Waals surface area contributed by atoms with E-state index in [1.54, 1.807) is 7.05 Å². The van der Waals surface area contributed by atoms with Gasteiger partial charge in [-0.15, -0.1) is 0 Å². The van der Waals surface area contributed by atoms with Crippen molar-refractivity contribution >= 4 is 45.0 Å². The summed E-state index contributed by atoms with van der Waals surface area (Å²) < 4.78 is 43.6. The fourth-order valence-corrected chi connectivity index (χ4v) is 4.63. The lowest BCUT2D eigenvalue weighted by Crippen LogP contribution is -2.33. The molecule has 1 saturated heterocycles. The smallest absolute Gasteiger partial charge is 0.275 e. The molecule has 2 heterocycles. The molecule has 0 bridgehead atoms. The molecule has 2 amide bonds. The number of anilines is 1. The first-order valence-corrected chi connectivity index (χ1v) is 9.71. The van der Waals surface area contributed by atoms with Crippen molar-refractivity contribution < 1.29 is 22.8 Å². The number of aryl methyl sites for hydroxylation is 1. The summed E-state index contributed by atoms with van der Waals surface area (Å²) in [5.74, 6) is -7.91. The zero-order valence-corrected chi connectivity index (χ0v) is 18.0. The van der Waals surface area contributed by atoms with Crippen LogP contribution in [0.15, 0.2) is 22.8 Å². The largest absolute Gasteiger partial charge is 0.344 e. The van der Waals surface area contributed by atoms with Gasteiger partial charge in [0.2, 0.25) is 11.8 Å². The van der Waals surface area contributed by atoms with E-state index >= 15 is 0 Å². The lowest BCUT2D eigenvalue weighted by molar-refractivity contribution is -0.135. The van der Waals surface area contributed by atoms with Crippen molar-refractivity contribution in [3.05, 3.63) is 44.9 Å². The highest BCUT2D eigenvalue weighted by molar-refractivity contribution is 9.10. The van der Waals surface area contributed by atoms with Gasteiger partial charge in [-0.05, 0) is 28.1 Å². The van der Waals surface area contributed by atoms with Gasteiger partial charge < -0.3 is 10.2 Å². The number of nitrogens with one attached hydrogen (secondary N) is 1. The van der Waals surface area contributed by atoms with Gasteiger partial charge in [0, 0.05) is 39.0 Å². The van der Waals surface area contributed by atoms with Crippen LogP contribution >= 0.6 is 27.5 Å². The Morgan fingerprint density at radius 2 is 2.03 bits per heavy atom. The van der Waals surface area contributed by atoms with Crippen LogP contribution in [-0.4, -0.2) is 40.1 Å². The fourth-order valence-electron chi connectivity index (χ4n) is 3.53. The van der Waals surface area contributed by atoms with Crippen molar-refractivity contribution in [1.29, 1.82) is 0 Å². The van der Waals surface area contributed by atoms with E-state index in [4.69, 9.17) is 11.6 Å². The van der Waals surface area contributed by atoms with Crippen LogP contribution in [0.5, 0.6) is 0 Å². The van der Waals surface area contributed by atoms with Crippen LogP contribution in [0.3, 0.4) is 0 Å². The first kappa shape index (κ1) is 21.6. The summed E-state index contributed by atoms with van der Waals surface area (Å²) in [6.07, 6.45) is 0. The standard InChI is InChI=1S/C18H17BrClF3N4O2/c1-18(22,23)13-9(21)5-4-6-10(13)24-16(28)12-8(7-26(2)17(12)29)11-14(19)25-27(3)15(11)20/h4-6,8,12H,7H2,1-3H3,(H,24,28)/t8-,12+/m1/s1. The maximum atomic E-state index is 14.0. The molecule has 0 aliphatic carbocycles. The number of halogens is 5. The Morgan fingerprint density at radius 1 is 1.38 bits per heavy atom. The SMILES string of the molecule is CN1C[C@H](c2c(Br)nn(C)c2Cl)[C@@H](C(=O)Nc2cccc(F)c2C(C)(F)F)C1=O. The molecule has 156 valence electrons. The third kappa shape index (κ3) is 3.87. The molecule has 1 fully saturated rings. The average Bonchev–Trinajstić information content (AvgIpc) is 3.01. The Balaban J connectivity index is 2.00. The van der Waals surface area contributed by atoms with E-state index in [-0.39, 0.29) is 17.4 Å². The summed E-state index contributed by atoms with van der Waals surface area (Å²) in [7, 11) is 3.13. The molecule has 0 radical (unpaired) electrons. The Bertz CT molecular complexity index is 992. The number of hydrogen-bond acceptors (Lipinski definition) is 3. The number of nitrogens with zero attached hydrogens (tertiary/aromatic N) is 3. The van der Waals surface area contributed by atoms with E-state index in [0.29, 0.717) is 17.1 Å². The maximum Gasteiger partial charge on any atom is 0.275 e. The van der Waals surface area contributed by atoms with Crippen LogP contribution in [0.4, 0.5) is 18.9 Å². The molecule has 2 aromatic rings. The van der Waals surface area contributed by atoms with Crippen molar-refractivity contribution in [2.24, 2.45) is 13.0 Å². The van der Waals surface area contributed by atoms with Crippen molar-refractivity contribution in [1.82, 2.24) is 14.7 Å². The Hall–Kier alpha value is -2.07. The molecule has 0 spiro atoms. The lowest BCUT2D eigenvalue weighted by atomic mass is 9.89. The molecule has 1 aliphatic heterocycles. The number of likely N-dealkylation sites (N-methyl/N-ethyl adjacent to an activating group) is 1. The van der Waals surface area contributed by atoms with Gasteiger partial charge >= 0.3 is 0 Å². The monoisotopic (exact) mass is 492 g/mol. The number of hydrogen-bond donors (Lipinski definition) is 1. The number of benzene rings is 1. The minimum absolute atomic E-state index is 0.181. The number of alkyl halides is 2. The second kappa shape index (κ2) is 7.64. The second-order valence-corrected chi connectivity index (χ2v) is 8.07. The van der Waals surface area contributed by atoms with Crippen molar-refractivity contribution in [2.45, 2.75) is 18.8 Å². The number of rotatable bonds is 4. The van der Waals surface area contributed by atoms with Crippen LogP contribution < -0.4 is 5.32 Å². The third-order valence-electron chi connectivity index (χ3n) is 4.85. The molecule has 1 N–H and O–H groups in total. The van der Waals surface area contributed by atoms with Gasteiger partial charge in [0.1, 0.15) is 21.5 Å². The minimum atomic E-state index is -3.53. The number of aromatic nitrogens is 2. The van der Waals surface area contributed by atoms with E-state index in [1.807, 2.05) is 0 Å². The zero-order chi connectivity index (χ0) is 21.7. The molecule has 2 atom stereocenters. The first-order chi connectivity index (χ1) is 13.4. The quantitative estimate of drug-likeness (QED) is 0.657. The van der Waals surface area contributed by atoms with Crippen LogP contribution in [0, 0.1) is 11.7 Å². The normalized spacial score (nSPS) is 19.7. The summed E-state index contributed by atoms with van der Waals surface area (Å²) in [4.78, 5) is 27.0. The highest BCUT2D eigenvalue weighted by Gasteiger charge is 2.47. The van der Waals surface area contributed by atoms with Gasteiger partial charge in [-0.25, -0.2) is 13.2 Å². The molecule has 0 unspecified atom stereocenters. The lowest BCUT2D eigenvalue weighted by Gasteiger charge is -2.20. The van der Waals surface area contributed by atoms with Crippen molar-refractivity contribution in [3.8, 4) is 0 Å². The summed E-state index contributed by atoms with van der Waals surface area (Å²) in [6.45, 7) is 0.714. The van der Waals surface area contributed by atoms with Crippen LogP contribution in [0.25, 0.3) is 0 Å². The molecule has 1 aromatic carbocycles. The van der Waals surface area contributed by atoms with Gasteiger partial charge in [-0.2, -0.15) is 5.10 Å². The fraction of sp³-hybridized carbons (Fsp3) is 0.389. The van der Waals surface area contributed by atoms with Crippen LogP contribution in [0.2, 0.25) is 5.15 Å². The summed E-state index contributed by atoms with van der Waals surface area (Å²) in [5, 5.41) is 6.68. The summed E-state index contributed by atoms with van der Waals surface area (Å²) in [6, 6.07) is 3.25. The van der Waals surface area contributed by atoms with E-state index in [1.165, 1.54) is 28.8 Å². The molecule has 1 aromatic heterocycles. The highest BCUT2D eigenvalue weighted by Crippen LogP contribution is 2.41. The minimum Gasteiger partial charge on any atom is -0.344 e. The number of likely N-dealkylation sites (tertiary alicyclic amines) is 1. The first-order valence-electron chi connectivity index (χ1n) is 8.54.